The maximum atomic E-state index is 3.67. The molecular weight excluding hydrogens is 206 g/mol. The van der Waals surface area contributed by atoms with Crippen molar-refractivity contribution in [2.45, 2.75) is 58.4 Å². The molecule has 1 rings (SSSR count). The van der Waals surface area contributed by atoms with Crippen LogP contribution in [0.3, 0.4) is 0 Å². The fourth-order valence-corrected chi connectivity index (χ4v) is 2.13. The number of benzene rings is 1. The number of nitrogens with one attached hydrogen (secondary N) is 1. The third-order valence-electron chi connectivity index (χ3n) is 3.21. The van der Waals surface area contributed by atoms with Crippen molar-refractivity contribution in [3.63, 3.8) is 0 Å². The molecule has 1 unspecified atom stereocenters. The second-order valence-electron chi connectivity index (χ2n) is 4.82. The SMILES string of the molecule is CCCCC(CCc1ccccc1)NCCC. The molecule has 0 fully saturated rings. The van der Waals surface area contributed by atoms with Gasteiger partial charge in [0.1, 0.15) is 0 Å². The van der Waals surface area contributed by atoms with Gasteiger partial charge in [0.25, 0.3) is 0 Å². The van der Waals surface area contributed by atoms with Gasteiger partial charge in [-0.3, -0.25) is 0 Å². The van der Waals surface area contributed by atoms with Crippen LogP contribution in [0.4, 0.5) is 0 Å². The second kappa shape index (κ2) is 9.23. The third-order valence-corrected chi connectivity index (χ3v) is 3.21. The Labute approximate surface area is 107 Å². The van der Waals surface area contributed by atoms with Gasteiger partial charge >= 0.3 is 0 Å². The van der Waals surface area contributed by atoms with Crippen molar-refractivity contribution in [3.05, 3.63) is 35.9 Å². The van der Waals surface area contributed by atoms with Gasteiger partial charge in [-0.25, -0.2) is 0 Å². The van der Waals surface area contributed by atoms with Crippen molar-refractivity contribution in [1.29, 1.82) is 0 Å². The van der Waals surface area contributed by atoms with Gasteiger partial charge in [0.2, 0.25) is 0 Å². The Hall–Kier alpha value is -0.820. The smallest absolute Gasteiger partial charge is 0.00702 e. The first-order valence-electron chi connectivity index (χ1n) is 7.14. The highest BCUT2D eigenvalue weighted by atomic mass is 14.9. The molecule has 0 heterocycles. The molecule has 0 saturated carbocycles. The lowest BCUT2D eigenvalue weighted by molar-refractivity contribution is 0.439. The first kappa shape index (κ1) is 14.2. The fraction of sp³-hybridized carbons (Fsp3) is 0.625. The van der Waals surface area contributed by atoms with E-state index in [9.17, 15) is 0 Å². The maximum Gasteiger partial charge on any atom is 0.00702 e. The monoisotopic (exact) mass is 233 g/mol. The van der Waals surface area contributed by atoms with Crippen LogP contribution in [0, 0.1) is 0 Å². The Morgan fingerprint density at radius 2 is 1.76 bits per heavy atom. The molecular formula is C16H27N. The molecule has 0 saturated heterocycles. The molecule has 0 aromatic heterocycles. The van der Waals surface area contributed by atoms with Crippen molar-refractivity contribution in [2.24, 2.45) is 0 Å². The summed E-state index contributed by atoms with van der Waals surface area (Å²) >= 11 is 0. The van der Waals surface area contributed by atoms with Gasteiger partial charge in [0, 0.05) is 6.04 Å². The Balaban J connectivity index is 2.31. The van der Waals surface area contributed by atoms with E-state index in [-0.39, 0.29) is 0 Å². The molecule has 1 aromatic carbocycles. The van der Waals surface area contributed by atoms with Crippen LogP contribution in [-0.4, -0.2) is 12.6 Å². The van der Waals surface area contributed by atoms with Gasteiger partial charge in [0.15, 0.2) is 0 Å². The van der Waals surface area contributed by atoms with E-state index in [1.165, 1.54) is 44.1 Å². The van der Waals surface area contributed by atoms with Crippen LogP contribution in [-0.2, 0) is 6.42 Å². The van der Waals surface area contributed by atoms with Crippen LogP contribution in [0.15, 0.2) is 30.3 Å². The Bertz CT molecular complexity index is 260. The Morgan fingerprint density at radius 3 is 2.41 bits per heavy atom. The molecule has 0 amide bonds. The average Bonchev–Trinajstić information content (AvgIpc) is 2.39. The molecule has 0 aliphatic heterocycles. The van der Waals surface area contributed by atoms with Gasteiger partial charge in [-0.15, -0.1) is 0 Å². The zero-order valence-corrected chi connectivity index (χ0v) is 11.4. The average molecular weight is 233 g/mol. The molecule has 0 spiro atoms. The van der Waals surface area contributed by atoms with Crippen molar-refractivity contribution in [1.82, 2.24) is 5.32 Å². The molecule has 96 valence electrons. The van der Waals surface area contributed by atoms with E-state index in [1.807, 2.05) is 0 Å². The summed E-state index contributed by atoms with van der Waals surface area (Å²) in [5.74, 6) is 0. The summed E-state index contributed by atoms with van der Waals surface area (Å²) in [6.07, 6.45) is 7.67. The summed E-state index contributed by atoms with van der Waals surface area (Å²) < 4.78 is 0. The summed E-state index contributed by atoms with van der Waals surface area (Å²) in [6.45, 7) is 5.67. The highest BCUT2D eigenvalue weighted by Crippen LogP contribution is 2.10. The van der Waals surface area contributed by atoms with Crippen LogP contribution < -0.4 is 5.32 Å². The highest BCUT2D eigenvalue weighted by Gasteiger charge is 2.06. The van der Waals surface area contributed by atoms with Gasteiger partial charge in [0.05, 0.1) is 0 Å². The highest BCUT2D eigenvalue weighted by molar-refractivity contribution is 5.14. The number of rotatable bonds is 9. The van der Waals surface area contributed by atoms with Gasteiger partial charge in [-0.1, -0.05) is 57.0 Å². The fourth-order valence-electron chi connectivity index (χ4n) is 2.13. The maximum absolute atomic E-state index is 3.67. The predicted octanol–water partition coefficient (Wildman–Crippen LogP) is 4.18. The topological polar surface area (TPSA) is 12.0 Å². The summed E-state index contributed by atoms with van der Waals surface area (Å²) in [6, 6.07) is 11.5. The molecule has 17 heavy (non-hydrogen) atoms. The normalized spacial score (nSPS) is 12.6. The summed E-state index contributed by atoms with van der Waals surface area (Å²) in [5, 5.41) is 3.67. The molecule has 1 nitrogen and oxygen atoms in total. The molecule has 1 N–H and O–H groups in total. The van der Waals surface area contributed by atoms with Crippen molar-refractivity contribution >= 4 is 0 Å². The molecule has 0 bridgehead atoms. The molecule has 0 aliphatic rings. The first-order chi connectivity index (χ1) is 8.36. The molecule has 1 aromatic rings. The van der Waals surface area contributed by atoms with Gasteiger partial charge in [-0.2, -0.15) is 0 Å². The summed E-state index contributed by atoms with van der Waals surface area (Å²) in [7, 11) is 0. The standard InChI is InChI=1S/C16H27N/c1-3-5-11-16(17-14-4-2)13-12-15-9-7-6-8-10-15/h6-10,16-17H,3-5,11-14H2,1-2H3. The Kier molecular flexibility index (Phi) is 7.74. The van der Waals surface area contributed by atoms with E-state index < -0.39 is 0 Å². The minimum atomic E-state index is 0.704. The minimum Gasteiger partial charge on any atom is -0.314 e. The molecule has 1 heteroatoms. The molecule has 0 radical (unpaired) electrons. The largest absolute Gasteiger partial charge is 0.314 e. The lowest BCUT2D eigenvalue weighted by Crippen LogP contribution is -2.30. The van der Waals surface area contributed by atoms with Gasteiger partial charge < -0.3 is 5.32 Å². The second-order valence-corrected chi connectivity index (χ2v) is 4.82. The van der Waals surface area contributed by atoms with Crippen molar-refractivity contribution in [3.8, 4) is 0 Å². The van der Waals surface area contributed by atoms with Crippen molar-refractivity contribution < 1.29 is 0 Å². The lowest BCUT2D eigenvalue weighted by atomic mass is 10.0. The molecule has 1 atom stereocenters. The first-order valence-corrected chi connectivity index (χ1v) is 7.14. The predicted molar refractivity (Wildman–Crippen MR) is 76.4 cm³/mol. The number of aryl methyl sites for hydroxylation is 1. The van der Waals surface area contributed by atoms with Crippen LogP contribution in [0.25, 0.3) is 0 Å². The number of unbranched alkanes of at least 4 members (excludes halogenated alkanes) is 1. The van der Waals surface area contributed by atoms with E-state index in [0.717, 1.165) is 6.54 Å². The number of hydrogen-bond donors (Lipinski definition) is 1. The Morgan fingerprint density at radius 1 is 1.00 bits per heavy atom. The third kappa shape index (κ3) is 6.48. The summed E-state index contributed by atoms with van der Waals surface area (Å²) in [4.78, 5) is 0. The zero-order chi connectivity index (χ0) is 12.3. The van der Waals surface area contributed by atoms with E-state index in [1.54, 1.807) is 0 Å². The minimum absolute atomic E-state index is 0.704. The van der Waals surface area contributed by atoms with E-state index in [4.69, 9.17) is 0 Å². The van der Waals surface area contributed by atoms with Crippen LogP contribution in [0.2, 0.25) is 0 Å². The zero-order valence-electron chi connectivity index (χ0n) is 11.4. The van der Waals surface area contributed by atoms with E-state index in [0.29, 0.717) is 6.04 Å². The van der Waals surface area contributed by atoms with E-state index >= 15 is 0 Å². The van der Waals surface area contributed by atoms with E-state index in [2.05, 4.69) is 49.5 Å². The quantitative estimate of drug-likeness (QED) is 0.675. The van der Waals surface area contributed by atoms with Crippen LogP contribution in [0.5, 0.6) is 0 Å². The summed E-state index contributed by atoms with van der Waals surface area (Å²) in [5.41, 5.74) is 1.47. The lowest BCUT2D eigenvalue weighted by Gasteiger charge is -2.18. The number of hydrogen-bond acceptors (Lipinski definition) is 1. The molecule has 0 aliphatic carbocycles. The van der Waals surface area contributed by atoms with Crippen LogP contribution >= 0.6 is 0 Å². The van der Waals surface area contributed by atoms with Crippen molar-refractivity contribution in [2.75, 3.05) is 6.54 Å². The van der Waals surface area contributed by atoms with Gasteiger partial charge in [-0.05, 0) is 37.8 Å². The van der Waals surface area contributed by atoms with Crippen LogP contribution in [0.1, 0.15) is 51.5 Å².